The Morgan fingerprint density at radius 1 is 1.00 bits per heavy atom. The van der Waals surface area contributed by atoms with Gasteiger partial charge in [-0.25, -0.2) is 4.31 Å². The van der Waals surface area contributed by atoms with E-state index in [1.807, 2.05) is 0 Å². The molecule has 1 rings (SSSR count). The van der Waals surface area contributed by atoms with Crippen LogP contribution in [0.2, 0.25) is 0 Å². The van der Waals surface area contributed by atoms with E-state index in [2.05, 4.69) is 13.4 Å². The molecule has 0 bridgehead atoms. The van der Waals surface area contributed by atoms with Crippen LogP contribution in [-0.4, -0.2) is 13.2 Å². The zero-order chi connectivity index (χ0) is 7.40. The van der Waals surface area contributed by atoms with Crippen molar-refractivity contribution in [3.05, 3.63) is 0 Å². The van der Waals surface area contributed by atoms with Gasteiger partial charge in [0, 0.05) is 26.2 Å². The average molecular weight is 277 g/mol. The third-order valence-corrected chi connectivity index (χ3v) is 3.11. The van der Waals surface area contributed by atoms with Crippen molar-refractivity contribution in [1.82, 2.24) is 0 Å². The Balaban J connectivity index is 0.000001000. The van der Waals surface area contributed by atoms with Gasteiger partial charge in [-0.15, -0.1) is 0 Å². The van der Waals surface area contributed by atoms with Gasteiger partial charge in [-0.1, -0.05) is 0 Å². The molecule has 0 radical (unpaired) electrons. The summed E-state index contributed by atoms with van der Waals surface area (Å²) < 4.78 is 34.6. The molecule has 1 saturated heterocycles. The second-order valence-corrected chi connectivity index (χ2v) is 4.05. The Morgan fingerprint density at radius 2 is 1.45 bits per heavy atom. The predicted octanol–water partition coefficient (Wildman–Crippen LogP) is 1.22. The van der Waals surface area contributed by atoms with Crippen molar-refractivity contribution in [2.45, 2.75) is 6.42 Å². The predicted molar refractivity (Wildman–Crippen MR) is 35.6 cm³/mol. The van der Waals surface area contributed by atoms with Gasteiger partial charge in [-0.3, -0.25) is 9.13 Å². The molecule has 0 saturated carbocycles. The van der Waals surface area contributed by atoms with Gasteiger partial charge < -0.3 is 9.05 Å². The smallest absolute Gasteiger partial charge is 0.310 e. The van der Waals surface area contributed by atoms with E-state index in [-0.39, 0.29) is 26.2 Å². The molecule has 0 aromatic carbocycles. The Bertz CT molecular complexity index is 146. The quantitative estimate of drug-likeness (QED) is 0.623. The van der Waals surface area contributed by atoms with E-state index in [1.165, 1.54) is 0 Å². The molecule has 0 aromatic heterocycles. The maximum atomic E-state index is 10.5. The van der Waals surface area contributed by atoms with Crippen LogP contribution in [0.1, 0.15) is 6.42 Å². The Kier molecular flexibility index (Phi) is 7.45. The molecule has 64 valence electrons. The number of rotatable bonds is 0. The third kappa shape index (κ3) is 5.46. The van der Waals surface area contributed by atoms with E-state index < -0.39 is 16.5 Å². The van der Waals surface area contributed by atoms with Crippen LogP contribution in [0.25, 0.3) is 0 Å². The van der Waals surface area contributed by atoms with Gasteiger partial charge in [0.1, 0.15) is 0 Å². The summed E-state index contributed by atoms with van der Waals surface area (Å²) in [5.74, 6) is 0. The molecule has 5 nitrogen and oxygen atoms in total. The fraction of sp³-hybridized carbons (Fsp3) is 1.00. The molecule has 1 fully saturated rings. The van der Waals surface area contributed by atoms with Gasteiger partial charge in [0.25, 0.3) is 0 Å². The van der Waals surface area contributed by atoms with Crippen LogP contribution in [0.3, 0.4) is 0 Å². The minimum Gasteiger partial charge on any atom is -0.310 e. The molecule has 2 atom stereocenters. The first-order valence-corrected chi connectivity index (χ1v) is 5.25. The molecule has 1 aliphatic rings. The zero-order valence-electron chi connectivity index (χ0n) is 5.66. The molecule has 11 heavy (non-hydrogen) atoms. The van der Waals surface area contributed by atoms with Crippen LogP contribution >= 0.6 is 16.5 Å². The summed E-state index contributed by atoms with van der Waals surface area (Å²) in [6.07, 6.45) is 0.607. The largest absolute Gasteiger partial charge is 0.326 e. The van der Waals surface area contributed by atoms with Crippen molar-refractivity contribution >= 4 is 16.5 Å². The normalized spacial score (nSPS) is 33.1. The van der Waals surface area contributed by atoms with E-state index in [0.29, 0.717) is 19.6 Å². The molecule has 1 aliphatic heterocycles. The SMILES string of the molecule is O=[PH]1OCCCO[PH](=O)O1.[Zr]. The Hall–Kier alpha value is 1.22. The second kappa shape index (κ2) is 6.71. The molecular formula is C3H8O5P2Zr. The van der Waals surface area contributed by atoms with Gasteiger partial charge in [0.2, 0.25) is 0 Å². The summed E-state index contributed by atoms with van der Waals surface area (Å²) in [4.78, 5) is 0. The van der Waals surface area contributed by atoms with Crippen molar-refractivity contribution in [3.63, 3.8) is 0 Å². The summed E-state index contributed by atoms with van der Waals surface area (Å²) in [7, 11) is -5.09. The van der Waals surface area contributed by atoms with Crippen LogP contribution in [-0.2, 0) is 48.7 Å². The molecule has 8 heteroatoms. The first-order valence-electron chi connectivity index (χ1n) is 2.80. The van der Waals surface area contributed by atoms with Crippen LogP contribution < -0.4 is 0 Å². The average Bonchev–Trinajstić information content (AvgIpc) is 1.83. The standard InChI is InChI=1S/C3H8O5P2.Zr/c4-9-6-2-1-3-7-10(5)8-9;/h9-10H,1-3H2;. The number of hydrogen-bond acceptors (Lipinski definition) is 5. The van der Waals surface area contributed by atoms with E-state index in [1.54, 1.807) is 0 Å². The molecule has 0 spiro atoms. The van der Waals surface area contributed by atoms with Crippen LogP contribution in [0.5, 0.6) is 0 Å². The van der Waals surface area contributed by atoms with Crippen molar-refractivity contribution in [2.24, 2.45) is 0 Å². The summed E-state index contributed by atoms with van der Waals surface area (Å²) >= 11 is 0. The molecular weight excluding hydrogens is 269 g/mol. The van der Waals surface area contributed by atoms with Gasteiger partial charge in [0.15, 0.2) is 0 Å². The Labute approximate surface area is 84.8 Å². The summed E-state index contributed by atoms with van der Waals surface area (Å²) in [6.45, 7) is 0.680. The monoisotopic (exact) mass is 276 g/mol. The molecule has 0 aromatic rings. The summed E-state index contributed by atoms with van der Waals surface area (Å²) in [6, 6.07) is 0. The second-order valence-electron chi connectivity index (χ2n) is 1.65. The Morgan fingerprint density at radius 3 is 1.91 bits per heavy atom. The minimum absolute atomic E-state index is 0. The molecule has 0 aliphatic carbocycles. The third-order valence-electron chi connectivity index (χ3n) is 0.895. The van der Waals surface area contributed by atoms with E-state index >= 15 is 0 Å². The maximum Gasteiger partial charge on any atom is 0.326 e. The molecule has 0 N–H and O–H groups in total. The maximum absolute atomic E-state index is 10.5. The summed E-state index contributed by atoms with van der Waals surface area (Å²) in [5, 5.41) is 0. The fourth-order valence-corrected chi connectivity index (χ4v) is 2.13. The first kappa shape index (κ1) is 12.2. The minimum atomic E-state index is -2.54. The van der Waals surface area contributed by atoms with Crippen molar-refractivity contribution < 1.29 is 48.7 Å². The fourth-order valence-electron chi connectivity index (χ4n) is 0.497. The van der Waals surface area contributed by atoms with Gasteiger partial charge in [-0.05, 0) is 6.42 Å². The van der Waals surface area contributed by atoms with Crippen molar-refractivity contribution in [2.75, 3.05) is 13.2 Å². The van der Waals surface area contributed by atoms with Crippen LogP contribution in [0.15, 0.2) is 0 Å². The van der Waals surface area contributed by atoms with Gasteiger partial charge in [0.05, 0.1) is 13.2 Å². The first-order chi connectivity index (χ1) is 4.79. The van der Waals surface area contributed by atoms with E-state index in [9.17, 15) is 9.13 Å². The van der Waals surface area contributed by atoms with Crippen LogP contribution in [0.4, 0.5) is 0 Å². The zero-order valence-corrected chi connectivity index (χ0v) is 10.1. The molecule has 2 unspecified atom stereocenters. The molecule has 0 amide bonds. The van der Waals surface area contributed by atoms with E-state index in [4.69, 9.17) is 0 Å². The van der Waals surface area contributed by atoms with Gasteiger partial charge >= 0.3 is 16.5 Å². The number of hydrogen-bond donors (Lipinski definition) is 0. The van der Waals surface area contributed by atoms with Crippen molar-refractivity contribution in [1.29, 1.82) is 0 Å². The van der Waals surface area contributed by atoms with Crippen LogP contribution in [0, 0.1) is 0 Å². The van der Waals surface area contributed by atoms with Crippen molar-refractivity contribution in [3.8, 4) is 0 Å². The topological polar surface area (TPSA) is 61.8 Å². The van der Waals surface area contributed by atoms with Gasteiger partial charge in [-0.2, -0.15) is 0 Å². The molecule has 1 heterocycles. The van der Waals surface area contributed by atoms with E-state index in [0.717, 1.165) is 0 Å². The summed E-state index contributed by atoms with van der Waals surface area (Å²) in [5.41, 5.74) is 0.